The van der Waals surface area contributed by atoms with Crippen LogP contribution >= 0.6 is 12.4 Å². The third-order valence-electron chi connectivity index (χ3n) is 3.60. The van der Waals surface area contributed by atoms with Crippen molar-refractivity contribution in [2.45, 2.75) is 45.6 Å². The van der Waals surface area contributed by atoms with Crippen LogP contribution in [0.3, 0.4) is 0 Å². The third kappa shape index (κ3) is 4.22. The number of rotatable bonds is 4. The Labute approximate surface area is 121 Å². The molecule has 0 aromatic heterocycles. The summed E-state index contributed by atoms with van der Waals surface area (Å²) in [6.45, 7) is 5.20. The summed E-state index contributed by atoms with van der Waals surface area (Å²) in [6.07, 6.45) is 3.82. The minimum atomic E-state index is 0. The zero-order chi connectivity index (χ0) is 13.0. The smallest absolute Gasteiger partial charge is 0.225 e. The maximum Gasteiger partial charge on any atom is 0.225 e. The highest BCUT2D eigenvalue weighted by molar-refractivity contribution is 5.92. The molecule has 0 radical (unpaired) electrons. The Balaban J connectivity index is 0.00000180. The maximum atomic E-state index is 12.0. The largest absolute Gasteiger partial charge is 0.326 e. The maximum absolute atomic E-state index is 12.0. The molecule has 4 heteroatoms. The first-order chi connectivity index (χ1) is 8.70. The molecule has 3 nitrogen and oxygen atoms in total. The lowest BCUT2D eigenvalue weighted by Crippen LogP contribution is -2.27. The zero-order valence-corrected chi connectivity index (χ0v) is 12.5. The monoisotopic (exact) mass is 282 g/mol. The van der Waals surface area contributed by atoms with Crippen LogP contribution in [0.5, 0.6) is 0 Å². The number of halogens is 1. The number of carbonyl (C=O) groups is 1. The average Bonchev–Trinajstić information content (AvgIpc) is 2.84. The second kappa shape index (κ2) is 7.51. The zero-order valence-electron chi connectivity index (χ0n) is 11.7. The summed E-state index contributed by atoms with van der Waals surface area (Å²) >= 11 is 0. The van der Waals surface area contributed by atoms with E-state index in [0.29, 0.717) is 12.5 Å². The molecule has 1 aromatic carbocycles. The van der Waals surface area contributed by atoms with Gasteiger partial charge in [0.1, 0.15) is 0 Å². The molecule has 1 fully saturated rings. The van der Waals surface area contributed by atoms with Crippen LogP contribution in [0.15, 0.2) is 18.2 Å². The molecule has 1 aliphatic rings. The Morgan fingerprint density at radius 2 is 2.26 bits per heavy atom. The molecular formula is C15H23ClN2O. The summed E-state index contributed by atoms with van der Waals surface area (Å²) in [5.74, 6) is 0.124. The number of nitrogens with one attached hydrogen (secondary N) is 2. The minimum Gasteiger partial charge on any atom is -0.326 e. The molecule has 19 heavy (non-hydrogen) atoms. The summed E-state index contributed by atoms with van der Waals surface area (Å²) in [4.78, 5) is 12.0. The van der Waals surface area contributed by atoms with E-state index >= 15 is 0 Å². The van der Waals surface area contributed by atoms with Crippen LogP contribution in [0.25, 0.3) is 0 Å². The molecule has 1 heterocycles. The molecule has 1 aliphatic heterocycles. The van der Waals surface area contributed by atoms with Crippen LogP contribution < -0.4 is 10.6 Å². The summed E-state index contributed by atoms with van der Waals surface area (Å²) in [7, 11) is 0. The van der Waals surface area contributed by atoms with Gasteiger partial charge in [-0.15, -0.1) is 12.4 Å². The molecule has 1 atom stereocenters. The SMILES string of the molecule is CCc1cccc(C)c1NC(=O)CC1CCCN1.Cl. The lowest BCUT2D eigenvalue weighted by atomic mass is 10.1. The van der Waals surface area contributed by atoms with E-state index in [-0.39, 0.29) is 18.3 Å². The van der Waals surface area contributed by atoms with Crippen LogP contribution in [0.4, 0.5) is 5.69 Å². The number of hydrogen-bond acceptors (Lipinski definition) is 2. The lowest BCUT2D eigenvalue weighted by Gasteiger charge is -2.15. The van der Waals surface area contributed by atoms with E-state index in [9.17, 15) is 4.79 Å². The topological polar surface area (TPSA) is 41.1 Å². The predicted molar refractivity (Wildman–Crippen MR) is 82.1 cm³/mol. The molecule has 1 saturated heterocycles. The summed E-state index contributed by atoms with van der Waals surface area (Å²) in [5, 5.41) is 6.43. The van der Waals surface area contributed by atoms with Gasteiger partial charge in [-0.3, -0.25) is 4.79 Å². The first-order valence-electron chi connectivity index (χ1n) is 6.82. The van der Waals surface area contributed by atoms with Gasteiger partial charge in [-0.05, 0) is 43.9 Å². The molecule has 0 aliphatic carbocycles. The highest BCUT2D eigenvalue weighted by Crippen LogP contribution is 2.21. The Morgan fingerprint density at radius 3 is 2.89 bits per heavy atom. The van der Waals surface area contributed by atoms with Gasteiger partial charge < -0.3 is 10.6 Å². The number of anilines is 1. The van der Waals surface area contributed by atoms with Crippen molar-refractivity contribution < 1.29 is 4.79 Å². The fraction of sp³-hybridized carbons (Fsp3) is 0.533. The van der Waals surface area contributed by atoms with E-state index in [0.717, 1.165) is 30.6 Å². The fourth-order valence-corrected chi connectivity index (χ4v) is 2.55. The first-order valence-corrected chi connectivity index (χ1v) is 6.82. The van der Waals surface area contributed by atoms with E-state index < -0.39 is 0 Å². The van der Waals surface area contributed by atoms with Gasteiger partial charge in [0, 0.05) is 18.2 Å². The van der Waals surface area contributed by atoms with E-state index in [1.807, 2.05) is 19.1 Å². The van der Waals surface area contributed by atoms with Gasteiger partial charge >= 0.3 is 0 Å². The fourth-order valence-electron chi connectivity index (χ4n) is 2.55. The Bertz CT molecular complexity index is 428. The van der Waals surface area contributed by atoms with Crippen molar-refractivity contribution in [3.8, 4) is 0 Å². The van der Waals surface area contributed by atoms with E-state index in [2.05, 4.69) is 23.6 Å². The quantitative estimate of drug-likeness (QED) is 0.891. The molecule has 106 valence electrons. The second-order valence-corrected chi connectivity index (χ2v) is 5.01. The third-order valence-corrected chi connectivity index (χ3v) is 3.60. The van der Waals surface area contributed by atoms with Crippen LogP contribution in [-0.4, -0.2) is 18.5 Å². The Hall–Kier alpha value is -1.06. The van der Waals surface area contributed by atoms with Crippen LogP contribution in [0.1, 0.15) is 37.3 Å². The van der Waals surface area contributed by atoms with E-state index in [4.69, 9.17) is 0 Å². The highest BCUT2D eigenvalue weighted by Gasteiger charge is 2.18. The Morgan fingerprint density at radius 1 is 1.47 bits per heavy atom. The van der Waals surface area contributed by atoms with Crippen molar-refractivity contribution in [2.75, 3.05) is 11.9 Å². The van der Waals surface area contributed by atoms with Crippen LogP contribution in [0.2, 0.25) is 0 Å². The van der Waals surface area contributed by atoms with E-state index in [1.54, 1.807) is 0 Å². The molecule has 0 saturated carbocycles. The van der Waals surface area contributed by atoms with Gasteiger partial charge in [-0.25, -0.2) is 0 Å². The van der Waals surface area contributed by atoms with Gasteiger partial charge in [-0.1, -0.05) is 25.1 Å². The summed E-state index contributed by atoms with van der Waals surface area (Å²) < 4.78 is 0. The molecule has 0 spiro atoms. The number of hydrogen-bond donors (Lipinski definition) is 2. The average molecular weight is 283 g/mol. The number of carbonyl (C=O) groups excluding carboxylic acids is 1. The van der Waals surface area contributed by atoms with Gasteiger partial charge in [0.05, 0.1) is 0 Å². The van der Waals surface area contributed by atoms with Gasteiger partial charge in [0.25, 0.3) is 0 Å². The lowest BCUT2D eigenvalue weighted by molar-refractivity contribution is -0.116. The molecule has 1 unspecified atom stereocenters. The molecule has 1 amide bonds. The summed E-state index contributed by atoms with van der Waals surface area (Å²) in [6, 6.07) is 6.53. The Kier molecular flexibility index (Phi) is 6.32. The van der Waals surface area contributed by atoms with E-state index in [1.165, 1.54) is 12.0 Å². The number of benzene rings is 1. The standard InChI is InChI=1S/C15H22N2O.ClH/c1-3-12-7-4-6-11(2)15(12)17-14(18)10-13-8-5-9-16-13;/h4,6-7,13,16H,3,5,8-10H2,1-2H3,(H,17,18);1H. The first kappa shape index (κ1) is 16.0. The van der Waals surface area contributed by atoms with Crippen molar-refractivity contribution in [1.82, 2.24) is 5.32 Å². The highest BCUT2D eigenvalue weighted by atomic mass is 35.5. The van der Waals surface area contributed by atoms with Crippen molar-refractivity contribution in [3.63, 3.8) is 0 Å². The van der Waals surface area contributed by atoms with Gasteiger partial charge in [0.15, 0.2) is 0 Å². The number of para-hydroxylation sites is 1. The molecule has 1 aromatic rings. The minimum absolute atomic E-state index is 0. The molecule has 0 bridgehead atoms. The number of aryl methyl sites for hydroxylation is 2. The second-order valence-electron chi connectivity index (χ2n) is 5.01. The van der Waals surface area contributed by atoms with Crippen molar-refractivity contribution in [2.24, 2.45) is 0 Å². The molecule has 2 N–H and O–H groups in total. The molecular weight excluding hydrogens is 260 g/mol. The summed E-state index contributed by atoms with van der Waals surface area (Å²) in [5.41, 5.74) is 3.35. The van der Waals surface area contributed by atoms with Crippen molar-refractivity contribution >= 4 is 24.0 Å². The van der Waals surface area contributed by atoms with Gasteiger partial charge in [-0.2, -0.15) is 0 Å². The van der Waals surface area contributed by atoms with Crippen LogP contribution in [-0.2, 0) is 11.2 Å². The van der Waals surface area contributed by atoms with Crippen molar-refractivity contribution in [3.05, 3.63) is 29.3 Å². The van der Waals surface area contributed by atoms with Crippen molar-refractivity contribution in [1.29, 1.82) is 0 Å². The predicted octanol–water partition coefficient (Wildman–Crippen LogP) is 3.06. The molecule has 2 rings (SSSR count). The number of amides is 1. The van der Waals surface area contributed by atoms with Gasteiger partial charge in [0.2, 0.25) is 5.91 Å². The van der Waals surface area contributed by atoms with Crippen LogP contribution in [0, 0.1) is 6.92 Å². The normalized spacial score (nSPS) is 17.9.